The number of amides is 3. The summed E-state index contributed by atoms with van der Waals surface area (Å²) in [5, 5.41) is 5.65. The Morgan fingerprint density at radius 3 is 2.06 bits per heavy atom. The molecule has 0 aliphatic rings. The van der Waals surface area contributed by atoms with Gasteiger partial charge >= 0.3 is 6.09 Å². The van der Waals surface area contributed by atoms with Crippen molar-refractivity contribution in [2.75, 3.05) is 6.54 Å². The molecule has 0 saturated heterocycles. The van der Waals surface area contributed by atoms with E-state index in [2.05, 4.69) is 17.6 Å². The van der Waals surface area contributed by atoms with E-state index in [9.17, 15) is 14.4 Å². The first kappa shape index (κ1) is 29.5. The zero-order valence-electron chi connectivity index (χ0n) is 22.6. The quantitative estimate of drug-likeness (QED) is 0.431. The van der Waals surface area contributed by atoms with Gasteiger partial charge in [-0.2, -0.15) is 0 Å². The zero-order chi connectivity index (χ0) is 26.1. The van der Waals surface area contributed by atoms with Crippen molar-refractivity contribution in [3.8, 4) is 0 Å². The van der Waals surface area contributed by atoms with E-state index < -0.39 is 23.8 Å². The van der Waals surface area contributed by atoms with Gasteiger partial charge in [0.25, 0.3) is 0 Å². The molecule has 0 bridgehead atoms. The molecule has 7 nitrogen and oxygen atoms in total. The van der Waals surface area contributed by atoms with Gasteiger partial charge < -0.3 is 20.3 Å². The lowest BCUT2D eigenvalue weighted by atomic mass is 9.93. The fourth-order valence-electron chi connectivity index (χ4n) is 3.92. The number of aryl methyl sites for hydroxylation is 2. The smallest absolute Gasteiger partial charge is 0.408 e. The molecule has 0 radical (unpaired) electrons. The first-order chi connectivity index (χ1) is 15.8. The van der Waals surface area contributed by atoms with E-state index in [1.54, 1.807) is 32.6 Å². The van der Waals surface area contributed by atoms with Crippen LogP contribution in [0.15, 0.2) is 18.2 Å². The van der Waals surface area contributed by atoms with Crippen LogP contribution in [0.3, 0.4) is 0 Å². The minimum Gasteiger partial charge on any atom is -0.444 e. The summed E-state index contributed by atoms with van der Waals surface area (Å²) in [5.41, 5.74) is 2.05. The predicted molar refractivity (Wildman–Crippen MR) is 137 cm³/mol. The number of nitrogens with one attached hydrogen (secondary N) is 2. The minimum atomic E-state index is -0.848. The Kier molecular flexibility index (Phi) is 11.6. The molecule has 1 aromatic carbocycles. The third kappa shape index (κ3) is 9.35. The SMILES string of the molecule is CCCCCCN(C(=O)C(C)NC(=O)OC(C)(C)C)C(C(=O)NC(C)C)c1c(C)cccc1C. The second-order valence-corrected chi connectivity index (χ2v) is 10.3. The molecule has 0 heterocycles. The lowest BCUT2D eigenvalue weighted by Gasteiger charge is -2.35. The molecular formula is C27H45N3O4. The van der Waals surface area contributed by atoms with Gasteiger partial charge in [0.2, 0.25) is 11.8 Å². The Morgan fingerprint density at radius 2 is 1.56 bits per heavy atom. The van der Waals surface area contributed by atoms with Gasteiger partial charge in [-0.3, -0.25) is 9.59 Å². The number of hydrogen-bond acceptors (Lipinski definition) is 4. The molecule has 34 heavy (non-hydrogen) atoms. The number of carbonyl (C=O) groups is 3. The Balaban J connectivity index is 3.39. The summed E-state index contributed by atoms with van der Waals surface area (Å²) >= 11 is 0. The monoisotopic (exact) mass is 475 g/mol. The number of alkyl carbamates (subject to hydrolysis) is 1. The topological polar surface area (TPSA) is 87.7 Å². The van der Waals surface area contributed by atoms with Crippen LogP contribution in [-0.2, 0) is 14.3 Å². The number of benzene rings is 1. The Bertz CT molecular complexity index is 809. The highest BCUT2D eigenvalue weighted by Gasteiger charge is 2.36. The molecular weight excluding hydrogens is 430 g/mol. The average molecular weight is 476 g/mol. The van der Waals surface area contributed by atoms with Crippen LogP contribution in [0.5, 0.6) is 0 Å². The molecule has 0 saturated carbocycles. The normalized spacial score (nSPS) is 13.2. The molecule has 2 N–H and O–H groups in total. The number of ether oxygens (including phenoxy) is 1. The maximum Gasteiger partial charge on any atom is 0.408 e. The molecule has 2 atom stereocenters. The maximum atomic E-state index is 13.7. The molecule has 192 valence electrons. The van der Waals surface area contributed by atoms with E-state index in [4.69, 9.17) is 4.74 Å². The van der Waals surface area contributed by atoms with Crippen LogP contribution in [0.2, 0.25) is 0 Å². The van der Waals surface area contributed by atoms with E-state index in [1.165, 1.54) is 0 Å². The third-order valence-corrected chi connectivity index (χ3v) is 5.45. The Labute approximate surface area is 206 Å². The highest BCUT2D eigenvalue weighted by Crippen LogP contribution is 2.29. The highest BCUT2D eigenvalue weighted by molar-refractivity contribution is 5.92. The van der Waals surface area contributed by atoms with Crippen molar-refractivity contribution in [2.24, 2.45) is 0 Å². The van der Waals surface area contributed by atoms with E-state index in [-0.39, 0.29) is 17.9 Å². The fraction of sp³-hybridized carbons (Fsp3) is 0.667. The predicted octanol–water partition coefficient (Wildman–Crippen LogP) is 5.19. The molecule has 0 aromatic heterocycles. The van der Waals surface area contributed by atoms with Crippen molar-refractivity contribution in [1.82, 2.24) is 15.5 Å². The summed E-state index contributed by atoms with van der Waals surface area (Å²) in [7, 11) is 0. The largest absolute Gasteiger partial charge is 0.444 e. The molecule has 1 aromatic rings. The van der Waals surface area contributed by atoms with Gasteiger partial charge in [0.15, 0.2) is 0 Å². The van der Waals surface area contributed by atoms with Crippen molar-refractivity contribution >= 4 is 17.9 Å². The van der Waals surface area contributed by atoms with Crippen molar-refractivity contribution in [1.29, 1.82) is 0 Å². The van der Waals surface area contributed by atoms with Gasteiger partial charge in [0, 0.05) is 12.6 Å². The van der Waals surface area contributed by atoms with Gasteiger partial charge in [-0.1, -0.05) is 44.4 Å². The highest BCUT2D eigenvalue weighted by atomic mass is 16.6. The lowest BCUT2D eigenvalue weighted by molar-refractivity contribution is -0.142. The molecule has 0 fully saturated rings. The molecule has 0 aliphatic heterocycles. The van der Waals surface area contributed by atoms with Crippen LogP contribution in [-0.4, -0.2) is 47.0 Å². The van der Waals surface area contributed by atoms with Crippen molar-refractivity contribution in [2.45, 2.75) is 112 Å². The van der Waals surface area contributed by atoms with E-state index >= 15 is 0 Å². The maximum absolute atomic E-state index is 13.7. The van der Waals surface area contributed by atoms with Gasteiger partial charge in [0.1, 0.15) is 17.7 Å². The summed E-state index contributed by atoms with van der Waals surface area (Å²) in [6.07, 6.45) is 3.20. The summed E-state index contributed by atoms with van der Waals surface area (Å²) in [6, 6.07) is 4.15. The van der Waals surface area contributed by atoms with Gasteiger partial charge in [-0.25, -0.2) is 4.79 Å². The summed E-state index contributed by atoms with van der Waals surface area (Å²) in [5.74, 6) is -0.533. The summed E-state index contributed by atoms with van der Waals surface area (Å²) in [6.45, 7) is 17.2. The molecule has 0 aliphatic carbocycles. The third-order valence-electron chi connectivity index (χ3n) is 5.45. The number of nitrogens with zero attached hydrogens (tertiary/aromatic N) is 1. The second kappa shape index (κ2) is 13.4. The Morgan fingerprint density at radius 1 is 0.971 bits per heavy atom. The summed E-state index contributed by atoms with van der Waals surface area (Å²) < 4.78 is 5.33. The van der Waals surface area contributed by atoms with Crippen LogP contribution in [0.4, 0.5) is 4.79 Å². The minimum absolute atomic E-state index is 0.0753. The van der Waals surface area contributed by atoms with E-state index in [1.807, 2.05) is 45.9 Å². The lowest BCUT2D eigenvalue weighted by Crippen LogP contribution is -2.53. The van der Waals surface area contributed by atoms with Crippen LogP contribution >= 0.6 is 0 Å². The molecule has 2 unspecified atom stereocenters. The average Bonchev–Trinajstić information content (AvgIpc) is 2.69. The van der Waals surface area contributed by atoms with E-state index in [0.29, 0.717) is 6.54 Å². The first-order valence-electron chi connectivity index (χ1n) is 12.4. The second-order valence-electron chi connectivity index (χ2n) is 10.3. The molecule has 3 amide bonds. The Hall–Kier alpha value is -2.57. The van der Waals surface area contributed by atoms with Gasteiger partial charge in [-0.15, -0.1) is 0 Å². The van der Waals surface area contributed by atoms with Crippen LogP contribution in [0.1, 0.15) is 96.9 Å². The molecule has 0 spiro atoms. The standard InChI is InChI=1S/C27H45N3O4/c1-10-11-12-13-17-30(25(32)21(6)29-26(33)34-27(7,8)9)23(24(31)28-18(2)3)22-19(4)15-14-16-20(22)5/h14-16,18,21,23H,10-13,17H2,1-9H3,(H,28,31)(H,29,33). The summed E-state index contributed by atoms with van der Waals surface area (Å²) in [4.78, 5) is 41.2. The number of unbranched alkanes of at least 4 members (excludes halogenated alkanes) is 3. The zero-order valence-corrected chi connectivity index (χ0v) is 22.6. The first-order valence-corrected chi connectivity index (χ1v) is 12.4. The number of carbonyl (C=O) groups excluding carboxylic acids is 3. The van der Waals surface area contributed by atoms with Gasteiger partial charge in [-0.05, 0) is 78.5 Å². The van der Waals surface area contributed by atoms with E-state index in [0.717, 1.165) is 42.4 Å². The van der Waals surface area contributed by atoms with Crippen LogP contribution in [0, 0.1) is 13.8 Å². The van der Waals surface area contributed by atoms with Crippen molar-refractivity contribution < 1.29 is 19.1 Å². The number of hydrogen-bond donors (Lipinski definition) is 2. The van der Waals surface area contributed by atoms with Crippen molar-refractivity contribution in [3.05, 3.63) is 34.9 Å². The molecule has 1 rings (SSSR count). The number of rotatable bonds is 11. The van der Waals surface area contributed by atoms with Crippen LogP contribution in [0.25, 0.3) is 0 Å². The van der Waals surface area contributed by atoms with Gasteiger partial charge in [0.05, 0.1) is 0 Å². The van der Waals surface area contributed by atoms with Crippen molar-refractivity contribution in [3.63, 3.8) is 0 Å². The molecule has 7 heteroatoms. The van der Waals surface area contributed by atoms with Crippen LogP contribution < -0.4 is 10.6 Å². The fourth-order valence-corrected chi connectivity index (χ4v) is 3.92.